The molecular formula is C13H26O3Si. The van der Waals surface area contributed by atoms with Crippen LogP contribution in [0.15, 0.2) is 12.2 Å². The monoisotopic (exact) mass is 258 g/mol. The Morgan fingerprint density at radius 1 is 1.24 bits per heavy atom. The van der Waals surface area contributed by atoms with Crippen LogP contribution in [0.3, 0.4) is 0 Å². The Bertz CT molecular complexity index is 239. The lowest BCUT2D eigenvalue weighted by Gasteiger charge is -2.27. The number of esters is 1. The summed E-state index contributed by atoms with van der Waals surface area (Å²) in [7, 11) is -1.48. The van der Waals surface area contributed by atoms with E-state index >= 15 is 0 Å². The van der Waals surface area contributed by atoms with Crippen LogP contribution >= 0.6 is 0 Å². The van der Waals surface area contributed by atoms with E-state index in [0.29, 0.717) is 6.61 Å². The zero-order valence-electron chi connectivity index (χ0n) is 11.8. The molecule has 0 aromatic carbocycles. The van der Waals surface area contributed by atoms with E-state index in [2.05, 4.69) is 20.8 Å². The highest BCUT2D eigenvalue weighted by atomic mass is 28.4. The van der Waals surface area contributed by atoms with Crippen molar-refractivity contribution in [2.45, 2.75) is 58.9 Å². The average molecular weight is 258 g/mol. The first-order valence-electron chi connectivity index (χ1n) is 6.47. The third-order valence-electron chi connectivity index (χ3n) is 3.18. The second-order valence-electron chi connectivity index (χ2n) is 4.30. The number of carbonyl (C=O) groups excluding carboxylic acids is 1. The Balaban J connectivity index is 4.03. The van der Waals surface area contributed by atoms with Gasteiger partial charge in [0, 0.05) is 6.92 Å². The molecule has 0 N–H and O–H groups in total. The van der Waals surface area contributed by atoms with E-state index in [9.17, 15) is 4.79 Å². The summed E-state index contributed by atoms with van der Waals surface area (Å²) in [6, 6.07) is 3.48. The molecule has 0 saturated carbocycles. The molecule has 0 radical (unpaired) electrons. The van der Waals surface area contributed by atoms with Crippen molar-refractivity contribution in [3.8, 4) is 0 Å². The van der Waals surface area contributed by atoms with Crippen LogP contribution in [0.1, 0.15) is 34.6 Å². The molecule has 0 fully saturated rings. The molecule has 3 nitrogen and oxygen atoms in total. The zero-order valence-corrected chi connectivity index (χ0v) is 12.8. The summed E-state index contributed by atoms with van der Waals surface area (Å²) < 4.78 is 11.0. The molecule has 4 heteroatoms. The summed E-state index contributed by atoms with van der Waals surface area (Å²) in [5.41, 5.74) is 0. The van der Waals surface area contributed by atoms with Crippen LogP contribution in [-0.2, 0) is 14.0 Å². The lowest BCUT2D eigenvalue weighted by molar-refractivity contribution is -0.143. The third-order valence-corrected chi connectivity index (χ3v) is 7.82. The van der Waals surface area contributed by atoms with Crippen molar-refractivity contribution in [3.63, 3.8) is 0 Å². The highest BCUT2D eigenvalue weighted by molar-refractivity contribution is 6.73. The summed E-state index contributed by atoms with van der Waals surface area (Å²) >= 11 is 0. The highest BCUT2D eigenvalue weighted by Crippen LogP contribution is 2.21. The van der Waals surface area contributed by atoms with Crippen LogP contribution in [0.2, 0.25) is 18.1 Å². The van der Waals surface area contributed by atoms with E-state index in [1.54, 1.807) is 0 Å². The van der Waals surface area contributed by atoms with Crippen LogP contribution < -0.4 is 0 Å². The molecule has 100 valence electrons. The lowest BCUT2D eigenvalue weighted by atomic mass is 10.3. The van der Waals surface area contributed by atoms with Crippen molar-refractivity contribution < 1.29 is 14.0 Å². The van der Waals surface area contributed by atoms with Crippen LogP contribution in [0.5, 0.6) is 0 Å². The summed E-state index contributed by atoms with van der Waals surface area (Å²) in [5.74, 6) is -0.248. The molecular weight excluding hydrogens is 232 g/mol. The van der Waals surface area contributed by atoms with Gasteiger partial charge in [-0.15, -0.1) is 0 Å². The average Bonchev–Trinajstić information content (AvgIpc) is 2.29. The van der Waals surface area contributed by atoms with Gasteiger partial charge in [-0.25, -0.2) is 0 Å². The highest BCUT2D eigenvalue weighted by Gasteiger charge is 2.27. The standard InChI is InChI=1S/C13H26O3Si/c1-6-17(7-2,8-3)15-11-9-10-12(4)16-13(5)14/h9-10,12H,6-8,11H2,1-5H3/b10-9-/t12-/m1/s1. The van der Waals surface area contributed by atoms with Crippen LogP contribution in [-0.4, -0.2) is 27.0 Å². The third kappa shape index (κ3) is 6.63. The number of carbonyl (C=O) groups is 1. The normalized spacial score (nSPS) is 13.9. The Labute approximate surface area is 106 Å². The quantitative estimate of drug-likeness (QED) is 0.380. The van der Waals surface area contributed by atoms with E-state index in [-0.39, 0.29) is 12.1 Å². The van der Waals surface area contributed by atoms with Gasteiger partial charge in [0.2, 0.25) is 0 Å². The molecule has 1 atom stereocenters. The Morgan fingerprint density at radius 2 is 1.76 bits per heavy atom. The minimum absolute atomic E-state index is 0.169. The smallest absolute Gasteiger partial charge is 0.303 e. The molecule has 0 aromatic rings. The fourth-order valence-corrected chi connectivity index (χ4v) is 4.39. The first kappa shape index (κ1) is 16.4. The summed E-state index contributed by atoms with van der Waals surface area (Å²) in [5, 5.41) is 0. The SMILES string of the molecule is CC[Si](CC)(CC)OC/C=C\[C@@H](C)OC(C)=O. The fraction of sp³-hybridized carbons (Fsp3) is 0.769. The van der Waals surface area contributed by atoms with Crippen LogP contribution in [0, 0.1) is 0 Å². The second kappa shape index (κ2) is 8.47. The van der Waals surface area contributed by atoms with Gasteiger partial charge in [0.25, 0.3) is 0 Å². The van der Waals surface area contributed by atoms with Gasteiger partial charge in [-0.05, 0) is 31.1 Å². The minimum Gasteiger partial charge on any atom is -0.459 e. The van der Waals surface area contributed by atoms with Gasteiger partial charge >= 0.3 is 5.97 Å². The second-order valence-corrected chi connectivity index (χ2v) is 9.07. The maximum atomic E-state index is 10.7. The molecule has 0 aliphatic carbocycles. The number of rotatable bonds is 8. The largest absolute Gasteiger partial charge is 0.459 e. The fourth-order valence-electron chi connectivity index (χ4n) is 1.83. The Hall–Kier alpha value is -0.613. The first-order chi connectivity index (χ1) is 7.99. The number of hydrogen-bond acceptors (Lipinski definition) is 3. The van der Waals surface area contributed by atoms with E-state index in [1.165, 1.54) is 6.92 Å². The molecule has 0 heterocycles. The Kier molecular flexibility index (Phi) is 8.17. The van der Waals surface area contributed by atoms with Gasteiger partial charge in [0.05, 0.1) is 6.61 Å². The van der Waals surface area contributed by atoms with E-state index in [0.717, 1.165) is 18.1 Å². The molecule has 0 unspecified atom stereocenters. The number of hydrogen-bond donors (Lipinski definition) is 0. The molecule has 0 rings (SSSR count). The molecule has 0 spiro atoms. The number of ether oxygens (including phenoxy) is 1. The van der Waals surface area contributed by atoms with E-state index in [4.69, 9.17) is 9.16 Å². The maximum Gasteiger partial charge on any atom is 0.303 e. The van der Waals surface area contributed by atoms with Crippen molar-refractivity contribution in [2.75, 3.05) is 6.61 Å². The van der Waals surface area contributed by atoms with Crippen molar-refractivity contribution in [1.29, 1.82) is 0 Å². The summed E-state index contributed by atoms with van der Waals surface area (Å²) in [4.78, 5) is 10.7. The topological polar surface area (TPSA) is 35.5 Å². The van der Waals surface area contributed by atoms with Crippen LogP contribution in [0.25, 0.3) is 0 Å². The Morgan fingerprint density at radius 3 is 2.18 bits per heavy atom. The van der Waals surface area contributed by atoms with Gasteiger partial charge in [0.1, 0.15) is 6.10 Å². The lowest BCUT2D eigenvalue weighted by Crippen LogP contribution is -2.35. The van der Waals surface area contributed by atoms with Crippen molar-refractivity contribution in [1.82, 2.24) is 0 Å². The first-order valence-corrected chi connectivity index (χ1v) is 9.00. The zero-order chi connectivity index (χ0) is 13.3. The molecule has 0 aliphatic rings. The molecule has 0 bridgehead atoms. The van der Waals surface area contributed by atoms with Gasteiger partial charge in [-0.3, -0.25) is 4.79 Å². The van der Waals surface area contributed by atoms with Gasteiger partial charge in [0.15, 0.2) is 8.32 Å². The van der Waals surface area contributed by atoms with Gasteiger partial charge in [-0.1, -0.05) is 26.8 Å². The summed E-state index contributed by atoms with van der Waals surface area (Å²) in [6.45, 7) is 10.5. The van der Waals surface area contributed by atoms with Gasteiger partial charge < -0.3 is 9.16 Å². The molecule has 0 saturated heterocycles. The molecule has 0 aliphatic heterocycles. The maximum absolute atomic E-state index is 10.7. The van der Waals surface area contributed by atoms with Crippen molar-refractivity contribution in [2.24, 2.45) is 0 Å². The van der Waals surface area contributed by atoms with Crippen molar-refractivity contribution >= 4 is 14.3 Å². The summed E-state index contributed by atoms with van der Waals surface area (Å²) in [6.07, 6.45) is 3.66. The van der Waals surface area contributed by atoms with E-state index < -0.39 is 8.32 Å². The predicted octanol–water partition coefficient (Wildman–Crippen LogP) is 3.52. The minimum atomic E-state index is -1.48. The van der Waals surface area contributed by atoms with Crippen LogP contribution in [0.4, 0.5) is 0 Å². The van der Waals surface area contributed by atoms with Gasteiger partial charge in [-0.2, -0.15) is 0 Å². The van der Waals surface area contributed by atoms with E-state index in [1.807, 2.05) is 19.1 Å². The molecule has 0 amide bonds. The molecule has 17 heavy (non-hydrogen) atoms. The predicted molar refractivity (Wildman–Crippen MR) is 73.5 cm³/mol. The molecule has 0 aromatic heterocycles. The van der Waals surface area contributed by atoms with Crippen molar-refractivity contribution in [3.05, 3.63) is 12.2 Å².